The Morgan fingerprint density at radius 3 is 2.63 bits per heavy atom. The number of aliphatic hydroxyl groups is 1. The van der Waals surface area contributed by atoms with E-state index >= 15 is 0 Å². The van der Waals surface area contributed by atoms with Crippen LogP contribution >= 0.6 is 31.1 Å². The monoisotopic (exact) mass is 666 g/mol. The Bertz CT molecular complexity index is 1330. The number of halogens is 1. The summed E-state index contributed by atoms with van der Waals surface area (Å²) < 4.78 is 44.0. The molecule has 6 atom stereocenters. The number of methoxy groups -OCH3 is 1. The summed E-state index contributed by atoms with van der Waals surface area (Å²) in [6.45, 7) is 8.95. The quantitative estimate of drug-likeness (QED) is 0.108. The standard InChI is InChI=1S/C25H40ClN6O9PS/c1-14(2)40-21(34)15(3)31-42(36,38-8-9-43-23(35)24(4,5)11-33)39-10-16-18(37-7)25(6,26)22(41-16)32-13-30-17-19(27)28-12-29-20(17)32/h12-16,18,22,33H,8-11H2,1-7H3,(H,31,36)(H2,27,28,29)/t15-,16+,18+,22+,25+,42+/m0/s1. The molecule has 0 spiro atoms. The number of ether oxygens (including phenoxy) is 3. The van der Waals surface area contributed by atoms with Crippen LogP contribution in [0.25, 0.3) is 11.2 Å². The smallest absolute Gasteiger partial charge is 0.406 e. The Morgan fingerprint density at radius 2 is 2.00 bits per heavy atom. The number of aromatic nitrogens is 4. The molecular formula is C25H40ClN6O9PS. The molecule has 0 aromatic carbocycles. The topological polar surface area (TPSA) is 199 Å². The molecule has 2 aromatic heterocycles. The maximum Gasteiger partial charge on any atom is 0.406 e. The third kappa shape index (κ3) is 8.44. The summed E-state index contributed by atoms with van der Waals surface area (Å²) in [5, 5.41) is 11.8. The Labute approximate surface area is 259 Å². The maximum absolute atomic E-state index is 13.9. The van der Waals surface area contributed by atoms with Crippen molar-refractivity contribution in [2.24, 2.45) is 5.41 Å². The minimum Gasteiger partial charge on any atom is -0.462 e. The van der Waals surface area contributed by atoms with Gasteiger partial charge in [0.1, 0.15) is 35.0 Å². The van der Waals surface area contributed by atoms with Crippen molar-refractivity contribution >= 4 is 59.2 Å². The number of anilines is 1. The van der Waals surface area contributed by atoms with Crippen LogP contribution in [0, 0.1) is 5.41 Å². The minimum absolute atomic E-state index is 0.114. The highest BCUT2D eigenvalue weighted by Gasteiger charge is 2.55. The lowest BCUT2D eigenvalue weighted by Crippen LogP contribution is -2.42. The van der Waals surface area contributed by atoms with Crippen molar-refractivity contribution in [3.05, 3.63) is 12.7 Å². The molecule has 18 heteroatoms. The predicted octanol–water partition coefficient (Wildman–Crippen LogP) is 2.67. The molecule has 15 nitrogen and oxygen atoms in total. The maximum atomic E-state index is 13.9. The molecule has 0 saturated carbocycles. The summed E-state index contributed by atoms with van der Waals surface area (Å²) in [6, 6.07) is -1.06. The number of nitrogens with zero attached hydrogens (tertiary/aromatic N) is 4. The van der Waals surface area contributed by atoms with Gasteiger partial charge in [-0.3, -0.25) is 23.2 Å². The first-order valence-corrected chi connectivity index (χ1v) is 16.4. The lowest BCUT2D eigenvalue weighted by Gasteiger charge is -2.28. The van der Waals surface area contributed by atoms with Crippen LogP contribution in [0.3, 0.4) is 0 Å². The fourth-order valence-electron chi connectivity index (χ4n) is 4.22. The molecular weight excluding hydrogens is 627 g/mol. The summed E-state index contributed by atoms with van der Waals surface area (Å²) in [6.07, 6.45) is -0.0912. The third-order valence-corrected chi connectivity index (χ3v) is 9.87. The van der Waals surface area contributed by atoms with Gasteiger partial charge in [0.2, 0.25) is 0 Å². The SMILES string of the molecule is CO[C@@H]1[C@@H](CO[P@@](=O)(N[C@@H](C)C(=O)OC(C)C)OCCSC(=O)C(C)(C)CO)O[C@@H](n2cnc3c(N)ncnc32)[C@]1(C)Cl. The van der Waals surface area contributed by atoms with Gasteiger partial charge >= 0.3 is 13.7 Å². The van der Waals surface area contributed by atoms with Gasteiger partial charge in [0.15, 0.2) is 22.8 Å². The zero-order chi connectivity index (χ0) is 32.2. The Hall–Kier alpha value is -1.88. The van der Waals surface area contributed by atoms with Gasteiger partial charge in [0.25, 0.3) is 0 Å². The lowest BCUT2D eigenvalue weighted by atomic mass is 9.97. The molecule has 1 aliphatic heterocycles. The first-order valence-electron chi connectivity index (χ1n) is 13.5. The summed E-state index contributed by atoms with van der Waals surface area (Å²) in [5.41, 5.74) is 5.75. The van der Waals surface area contributed by atoms with Crippen molar-refractivity contribution in [3.63, 3.8) is 0 Å². The van der Waals surface area contributed by atoms with E-state index in [1.165, 1.54) is 26.7 Å². The number of hydrogen-bond donors (Lipinski definition) is 3. The molecule has 1 fully saturated rings. The fraction of sp³-hybridized carbons (Fsp3) is 0.720. The van der Waals surface area contributed by atoms with Gasteiger partial charge in [0, 0.05) is 12.9 Å². The normalized spacial score (nSPS) is 24.7. The molecule has 0 amide bonds. The number of thioether (sulfide) groups is 1. The van der Waals surface area contributed by atoms with Crippen LogP contribution in [0.5, 0.6) is 0 Å². The second-order valence-electron chi connectivity index (χ2n) is 11.1. The van der Waals surface area contributed by atoms with Gasteiger partial charge in [-0.15, -0.1) is 11.6 Å². The van der Waals surface area contributed by atoms with Crippen molar-refractivity contribution < 1.29 is 42.5 Å². The van der Waals surface area contributed by atoms with Crippen LogP contribution < -0.4 is 10.8 Å². The first kappa shape index (κ1) is 35.6. The number of imidazole rings is 1. The Kier molecular flexibility index (Phi) is 12.0. The number of esters is 1. The number of hydrogen-bond acceptors (Lipinski definition) is 14. The van der Waals surface area contributed by atoms with Crippen LogP contribution in [0.2, 0.25) is 0 Å². The summed E-state index contributed by atoms with van der Waals surface area (Å²) in [5.74, 6) is -0.357. The molecule has 0 unspecified atom stereocenters. The second-order valence-corrected chi connectivity index (χ2v) is 14.7. The van der Waals surface area contributed by atoms with Gasteiger partial charge in [-0.05, 0) is 41.5 Å². The first-order chi connectivity index (χ1) is 20.1. The Balaban J connectivity index is 1.77. The van der Waals surface area contributed by atoms with Crippen LogP contribution in [-0.2, 0) is 37.4 Å². The van der Waals surface area contributed by atoms with Crippen molar-refractivity contribution in [1.82, 2.24) is 24.6 Å². The molecule has 0 radical (unpaired) electrons. The highest BCUT2D eigenvalue weighted by atomic mass is 35.5. The number of alkyl halides is 1. The predicted molar refractivity (Wildman–Crippen MR) is 160 cm³/mol. The van der Waals surface area contributed by atoms with Gasteiger partial charge < -0.3 is 25.1 Å². The zero-order valence-corrected chi connectivity index (χ0v) is 27.6. The molecule has 43 heavy (non-hydrogen) atoms. The van der Waals surface area contributed by atoms with Gasteiger partial charge in [0.05, 0.1) is 37.7 Å². The van der Waals surface area contributed by atoms with E-state index in [0.29, 0.717) is 11.2 Å². The Morgan fingerprint density at radius 1 is 1.30 bits per heavy atom. The van der Waals surface area contributed by atoms with Crippen molar-refractivity contribution in [2.45, 2.75) is 77.0 Å². The number of nitrogen functional groups attached to an aromatic ring is 1. The van der Waals surface area contributed by atoms with E-state index in [4.69, 9.17) is 40.6 Å². The molecule has 1 aliphatic rings. The average Bonchev–Trinajstić information content (AvgIpc) is 3.47. The minimum atomic E-state index is -4.20. The molecule has 0 aliphatic carbocycles. The second kappa shape index (κ2) is 14.5. The number of nitrogens with two attached hydrogens (primary N) is 1. The van der Waals surface area contributed by atoms with Crippen LogP contribution in [-0.4, -0.2) is 97.6 Å². The molecule has 2 aromatic rings. The summed E-state index contributed by atoms with van der Waals surface area (Å²) in [7, 11) is -2.74. The van der Waals surface area contributed by atoms with E-state index in [9.17, 15) is 19.3 Å². The van der Waals surface area contributed by atoms with Crippen LogP contribution in [0.15, 0.2) is 12.7 Å². The van der Waals surface area contributed by atoms with Gasteiger partial charge in [-0.25, -0.2) is 24.6 Å². The van der Waals surface area contributed by atoms with Crippen molar-refractivity contribution in [1.29, 1.82) is 0 Å². The van der Waals surface area contributed by atoms with E-state index in [0.717, 1.165) is 11.8 Å². The highest BCUT2D eigenvalue weighted by Crippen LogP contribution is 2.49. The largest absolute Gasteiger partial charge is 0.462 e. The van der Waals surface area contributed by atoms with Crippen molar-refractivity contribution in [2.75, 3.05) is 38.4 Å². The lowest BCUT2D eigenvalue weighted by molar-refractivity contribution is -0.149. The molecule has 4 N–H and O–H groups in total. The molecule has 1 saturated heterocycles. The third-order valence-electron chi connectivity index (χ3n) is 6.57. The molecule has 3 rings (SSSR count). The summed E-state index contributed by atoms with van der Waals surface area (Å²) >= 11 is 7.89. The van der Waals surface area contributed by atoms with E-state index in [1.54, 1.807) is 39.2 Å². The average molecular weight is 667 g/mol. The van der Waals surface area contributed by atoms with E-state index < -0.39 is 54.6 Å². The zero-order valence-electron chi connectivity index (χ0n) is 25.2. The fourth-order valence-corrected chi connectivity index (χ4v) is 7.02. The van der Waals surface area contributed by atoms with Crippen LogP contribution in [0.4, 0.5) is 5.82 Å². The van der Waals surface area contributed by atoms with E-state index in [-0.39, 0.29) is 36.5 Å². The number of carbonyl (C=O) groups excluding carboxylic acids is 2. The van der Waals surface area contributed by atoms with Gasteiger partial charge in [-0.1, -0.05) is 11.8 Å². The highest BCUT2D eigenvalue weighted by molar-refractivity contribution is 8.13. The van der Waals surface area contributed by atoms with Gasteiger partial charge in [-0.2, -0.15) is 0 Å². The molecule has 242 valence electrons. The van der Waals surface area contributed by atoms with E-state index in [2.05, 4.69) is 20.0 Å². The molecule has 0 bridgehead atoms. The van der Waals surface area contributed by atoms with Crippen LogP contribution in [0.1, 0.15) is 47.8 Å². The number of rotatable bonds is 15. The number of fused-ring (bicyclic) bond motifs is 1. The summed E-state index contributed by atoms with van der Waals surface area (Å²) in [4.78, 5) is 36.1. The molecule has 3 heterocycles. The van der Waals surface area contributed by atoms with Crippen molar-refractivity contribution in [3.8, 4) is 0 Å². The number of nitrogens with one attached hydrogen (secondary N) is 1. The number of aliphatic hydroxyl groups excluding tert-OH is 1. The number of carbonyl (C=O) groups is 2. The van der Waals surface area contributed by atoms with E-state index in [1.807, 2.05) is 0 Å².